The number of amides is 1. The number of fused-ring (bicyclic) bond motifs is 3. The van der Waals surface area contributed by atoms with Crippen LogP contribution in [-0.4, -0.2) is 27.4 Å². The molecule has 0 radical (unpaired) electrons. The molecule has 74 valence electrons. The molecule has 4 heteroatoms. The van der Waals surface area contributed by atoms with Gasteiger partial charge in [0.05, 0.1) is 5.60 Å². The molecule has 13 heavy (non-hydrogen) atoms. The normalized spacial score (nSPS) is 43.2. The smallest absolute Gasteiger partial charge is 0.405 e. The Morgan fingerprint density at radius 1 is 1.08 bits per heavy atom. The van der Waals surface area contributed by atoms with Crippen molar-refractivity contribution in [2.24, 2.45) is 0 Å². The van der Waals surface area contributed by atoms with Crippen LogP contribution in [0.3, 0.4) is 0 Å². The van der Waals surface area contributed by atoms with Crippen molar-refractivity contribution in [2.75, 3.05) is 0 Å². The standard InChI is InChI=1S/C9H15NO3/c11-7(12)10-8-1-4-9(13,5-2-8)6-3-8/h10,13H,1-6H2,(H,11,12). The van der Waals surface area contributed by atoms with Crippen LogP contribution >= 0.6 is 0 Å². The third-order valence-corrected chi connectivity index (χ3v) is 3.58. The van der Waals surface area contributed by atoms with Crippen molar-refractivity contribution in [3.8, 4) is 0 Å². The van der Waals surface area contributed by atoms with Gasteiger partial charge in [-0.1, -0.05) is 0 Å². The maximum atomic E-state index is 10.6. The van der Waals surface area contributed by atoms with Crippen LogP contribution in [-0.2, 0) is 0 Å². The molecule has 0 aromatic carbocycles. The second-order valence-corrected chi connectivity index (χ2v) is 4.43. The summed E-state index contributed by atoms with van der Waals surface area (Å²) in [5.41, 5.74) is -0.710. The zero-order chi connectivity index (χ0) is 9.53. The monoisotopic (exact) mass is 185 g/mol. The van der Waals surface area contributed by atoms with Crippen LogP contribution in [0.15, 0.2) is 0 Å². The first-order valence-electron chi connectivity index (χ1n) is 4.77. The molecule has 3 rings (SSSR count). The minimum absolute atomic E-state index is 0.226. The van der Waals surface area contributed by atoms with E-state index in [1.165, 1.54) is 0 Å². The third kappa shape index (κ3) is 1.50. The fourth-order valence-electron chi connectivity index (χ4n) is 2.58. The van der Waals surface area contributed by atoms with Gasteiger partial charge in [0, 0.05) is 5.54 Å². The van der Waals surface area contributed by atoms with E-state index >= 15 is 0 Å². The molecule has 1 amide bonds. The number of hydrogen-bond acceptors (Lipinski definition) is 2. The van der Waals surface area contributed by atoms with Crippen molar-refractivity contribution >= 4 is 6.09 Å². The van der Waals surface area contributed by atoms with Gasteiger partial charge in [-0.15, -0.1) is 0 Å². The van der Waals surface area contributed by atoms with Gasteiger partial charge in [0.25, 0.3) is 0 Å². The Labute approximate surface area is 76.9 Å². The highest BCUT2D eigenvalue weighted by atomic mass is 16.4. The molecule has 0 heterocycles. The fourth-order valence-corrected chi connectivity index (χ4v) is 2.58. The van der Waals surface area contributed by atoms with Gasteiger partial charge in [-0.2, -0.15) is 0 Å². The molecule has 3 aliphatic carbocycles. The van der Waals surface area contributed by atoms with Crippen LogP contribution in [0.4, 0.5) is 4.79 Å². The summed E-state index contributed by atoms with van der Waals surface area (Å²) in [4.78, 5) is 10.6. The van der Waals surface area contributed by atoms with Gasteiger partial charge in [0.1, 0.15) is 0 Å². The second kappa shape index (κ2) is 2.61. The number of carbonyl (C=O) groups is 1. The highest BCUT2D eigenvalue weighted by Crippen LogP contribution is 2.46. The summed E-state index contributed by atoms with van der Waals surface area (Å²) in [5, 5.41) is 21.2. The van der Waals surface area contributed by atoms with Crippen LogP contribution in [0.2, 0.25) is 0 Å². The van der Waals surface area contributed by atoms with Crippen molar-refractivity contribution < 1.29 is 15.0 Å². The number of hydrogen-bond donors (Lipinski definition) is 3. The lowest BCUT2D eigenvalue weighted by Crippen LogP contribution is -2.58. The van der Waals surface area contributed by atoms with E-state index in [0.717, 1.165) is 38.5 Å². The lowest BCUT2D eigenvalue weighted by molar-refractivity contribution is -0.0706. The molecule has 3 fully saturated rings. The van der Waals surface area contributed by atoms with Gasteiger partial charge < -0.3 is 15.5 Å². The minimum atomic E-state index is -0.938. The summed E-state index contributed by atoms with van der Waals surface area (Å²) < 4.78 is 0. The van der Waals surface area contributed by atoms with Gasteiger partial charge in [0.15, 0.2) is 0 Å². The zero-order valence-corrected chi connectivity index (χ0v) is 7.55. The average molecular weight is 185 g/mol. The molecule has 0 atom stereocenters. The molecule has 0 spiro atoms. The number of carboxylic acid groups (broad SMARTS) is 1. The molecule has 0 aliphatic heterocycles. The Hall–Kier alpha value is -0.770. The first kappa shape index (κ1) is 8.81. The molecule has 3 N–H and O–H groups in total. The molecule has 0 saturated heterocycles. The lowest BCUT2D eigenvalue weighted by atomic mass is 9.63. The van der Waals surface area contributed by atoms with Gasteiger partial charge in [-0.25, -0.2) is 4.79 Å². The summed E-state index contributed by atoms with van der Waals surface area (Å²) in [5.74, 6) is 0. The fraction of sp³-hybridized carbons (Fsp3) is 0.889. The third-order valence-electron chi connectivity index (χ3n) is 3.58. The zero-order valence-electron chi connectivity index (χ0n) is 7.55. The van der Waals surface area contributed by atoms with Crippen LogP contribution in [0.1, 0.15) is 38.5 Å². The van der Waals surface area contributed by atoms with E-state index in [0.29, 0.717) is 0 Å². The predicted molar refractivity (Wildman–Crippen MR) is 46.5 cm³/mol. The van der Waals surface area contributed by atoms with Crippen molar-refractivity contribution in [1.82, 2.24) is 5.32 Å². The molecule has 2 bridgehead atoms. The SMILES string of the molecule is O=C(O)NC12CCC(O)(CC1)CC2. The summed E-state index contributed by atoms with van der Waals surface area (Å²) in [6.45, 7) is 0. The first-order valence-corrected chi connectivity index (χ1v) is 4.77. The summed E-state index contributed by atoms with van der Waals surface area (Å²) in [6.07, 6.45) is 3.65. The van der Waals surface area contributed by atoms with Crippen LogP contribution in [0.25, 0.3) is 0 Å². The molecular weight excluding hydrogens is 170 g/mol. The van der Waals surface area contributed by atoms with E-state index in [1.807, 2.05) is 0 Å². The number of aliphatic hydroxyl groups is 1. The second-order valence-electron chi connectivity index (χ2n) is 4.43. The average Bonchev–Trinajstić information content (AvgIpc) is 2.07. The molecular formula is C9H15NO3. The van der Waals surface area contributed by atoms with Crippen LogP contribution in [0, 0.1) is 0 Å². The Kier molecular flexibility index (Phi) is 1.77. The molecule has 3 aliphatic rings. The lowest BCUT2D eigenvalue weighted by Gasteiger charge is -2.50. The van der Waals surface area contributed by atoms with E-state index in [2.05, 4.69) is 5.32 Å². The van der Waals surface area contributed by atoms with Crippen molar-refractivity contribution in [3.63, 3.8) is 0 Å². The van der Waals surface area contributed by atoms with E-state index < -0.39 is 11.7 Å². The quantitative estimate of drug-likeness (QED) is 0.572. The molecule has 3 saturated carbocycles. The molecule has 0 unspecified atom stereocenters. The van der Waals surface area contributed by atoms with Crippen molar-refractivity contribution in [3.05, 3.63) is 0 Å². The number of rotatable bonds is 1. The highest BCUT2D eigenvalue weighted by molar-refractivity contribution is 5.65. The Morgan fingerprint density at radius 2 is 1.54 bits per heavy atom. The highest BCUT2D eigenvalue weighted by Gasteiger charge is 2.48. The van der Waals surface area contributed by atoms with E-state index in [-0.39, 0.29) is 5.54 Å². The van der Waals surface area contributed by atoms with E-state index in [4.69, 9.17) is 5.11 Å². The van der Waals surface area contributed by atoms with Crippen molar-refractivity contribution in [2.45, 2.75) is 49.7 Å². The summed E-state index contributed by atoms with van der Waals surface area (Å²) in [6, 6.07) is 0. The minimum Gasteiger partial charge on any atom is -0.465 e. The molecule has 0 aromatic rings. The summed E-state index contributed by atoms with van der Waals surface area (Å²) >= 11 is 0. The number of nitrogens with one attached hydrogen (secondary N) is 1. The Bertz CT molecular complexity index is 214. The van der Waals surface area contributed by atoms with Gasteiger partial charge in [-0.3, -0.25) is 0 Å². The Balaban J connectivity index is 2.07. The first-order chi connectivity index (χ1) is 6.04. The van der Waals surface area contributed by atoms with Gasteiger partial charge >= 0.3 is 6.09 Å². The van der Waals surface area contributed by atoms with E-state index in [1.54, 1.807) is 0 Å². The Morgan fingerprint density at radius 3 is 1.92 bits per heavy atom. The molecule has 0 aromatic heterocycles. The summed E-state index contributed by atoms with van der Waals surface area (Å²) in [7, 11) is 0. The van der Waals surface area contributed by atoms with Gasteiger partial charge in [0.2, 0.25) is 0 Å². The van der Waals surface area contributed by atoms with Crippen LogP contribution in [0.5, 0.6) is 0 Å². The molecule has 4 nitrogen and oxygen atoms in total. The largest absolute Gasteiger partial charge is 0.465 e. The maximum Gasteiger partial charge on any atom is 0.405 e. The van der Waals surface area contributed by atoms with Crippen LogP contribution < -0.4 is 5.32 Å². The van der Waals surface area contributed by atoms with Crippen molar-refractivity contribution in [1.29, 1.82) is 0 Å². The predicted octanol–water partition coefficient (Wildman–Crippen LogP) is 1.09. The topological polar surface area (TPSA) is 69.6 Å². The van der Waals surface area contributed by atoms with Gasteiger partial charge in [-0.05, 0) is 38.5 Å². The van der Waals surface area contributed by atoms with E-state index in [9.17, 15) is 9.90 Å². The maximum absolute atomic E-state index is 10.6.